The SMILES string of the molecule is CC(C)=CC1C(C(=O)NN=C(C)c2cc(F)ccc2O)C1(C)C. The molecule has 1 aromatic carbocycles. The fraction of sp³-hybridized carbons (Fsp3) is 0.444. The molecular formula is C18H23FN2O2. The van der Waals surface area contributed by atoms with E-state index in [0.717, 1.165) is 0 Å². The number of hydrogen-bond acceptors (Lipinski definition) is 3. The summed E-state index contributed by atoms with van der Waals surface area (Å²) in [6.07, 6.45) is 2.11. The average molecular weight is 318 g/mol. The molecule has 5 heteroatoms. The monoisotopic (exact) mass is 318 g/mol. The minimum Gasteiger partial charge on any atom is -0.507 e. The van der Waals surface area contributed by atoms with E-state index in [2.05, 4.69) is 30.5 Å². The molecule has 0 aliphatic heterocycles. The Balaban J connectivity index is 2.10. The highest BCUT2D eigenvalue weighted by molar-refractivity contribution is 6.01. The van der Waals surface area contributed by atoms with E-state index >= 15 is 0 Å². The second-order valence-electron chi connectivity index (χ2n) is 6.90. The summed E-state index contributed by atoms with van der Waals surface area (Å²) in [6, 6.07) is 3.62. The van der Waals surface area contributed by atoms with Crippen molar-refractivity contribution in [3.8, 4) is 5.75 Å². The molecule has 4 nitrogen and oxygen atoms in total. The van der Waals surface area contributed by atoms with E-state index in [4.69, 9.17) is 0 Å². The van der Waals surface area contributed by atoms with Gasteiger partial charge in [-0.15, -0.1) is 0 Å². The molecule has 23 heavy (non-hydrogen) atoms. The highest BCUT2D eigenvalue weighted by Gasteiger charge is 2.60. The van der Waals surface area contributed by atoms with Gasteiger partial charge in [-0.2, -0.15) is 5.10 Å². The number of allylic oxidation sites excluding steroid dienone is 2. The van der Waals surface area contributed by atoms with Crippen LogP contribution < -0.4 is 5.43 Å². The molecule has 0 spiro atoms. The first-order chi connectivity index (χ1) is 10.6. The maximum absolute atomic E-state index is 13.3. The van der Waals surface area contributed by atoms with Gasteiger partial charge in [0.15, 0.2) is 0 Å². The van der Waals surface area contributed by atoms with Gasteiger partial charge in [-0.1, -0.05) is 25.5 Å². The van der Waals surface area contributed by atoms with Crippen molar-refractivity contribution in [2.75, 3.05) is 0 Å². The summed E-state index contributed by atoms with van der Waals surface area (Å²) < 4.78 is 13.3. The van der Waals surface area contributed by atoms with E-state index in [-0.39, 0.29) is 34.5 Å². The normalized spacial score (nSPS) is 22.4. The van der Waals surface area contributed by atoms with Crippen LogP contribution in [0.2, 0.25) is 0 Å². The fourth-order valence-electron chi connectivity index (χ4n) is 2.92. The Labute approximate surface area is 136 Å². The molecule has 0 bridgehead atoms. The molecular weight excluding hydrogens is 295 g/mol. The molecule has 2 rings (SSSR count). The minimum absolute atomic E-state index is 0.0731. The molecule has 1 aromatic rings. The maximum atomic E-state index is 13.3. The molecule has 1 amide bonds. The molecule has 1 fully saturated rings. The fourth-order valence-corrected chi connectivity index (χ4v) is 2.92. The number of carbonyl (C=O) groups is 1. The minimum atomic E-state index is -0.467. The number of hydrazone groups is 1. The van der Waals surface area contributed by atoms with E-state index in [1.807, 2.05) is 13.8 Å². The number of benzene rings is 1. The number of rotatable bonds is 4. The smallest absolute Gasteiger partial charge is 0.244 e. The molecule has 1 aliphatic rings. The van der Waals surface area contributed by atoms with E-state index < -0.39 is 5.82 Å². The summed E-state index contributed by atoms with van der Waals surface area (Å²) in [4.78, 5) is 12.3. The molecule has 2 unspecified atom stereocenters. The third-order valence-electron chi connectivity index (χ3n) is 4.39. The Kier molecular flexibility index (Phi) is 4.59. The van der Waals surface area contributed by atoms with Gasteiger partial charge in [0.05, 0.1) is 11.6 Å². The number of amides is 1. The first-order valence-corrected chi connectivity index (χ1v) is 7.62. The number of halogens is 1. The Morgan fingerprint density at radius 3 is 2.61 bits per heavy atom. The second kappa shape index (κ2) is 6.14. The number of nitrogens with zero attached hydrogens (tertiary/aromatic N) is 1. The van der Waals surface area contributed by atoms with Crippen LogP contribution >= 0.6 is 0 Å². The lowest BCUT2D eigenvalue weighted by Crippen LogP contribution is -2.23. The number of carbonyl (C=O) groups excluding carboxylic acids is 1. The predicted octanol–water partition coefficient (Wildman–Crippen LogP) is 3.61. The summed E-state index contributed by atoms with van der Waals surface area (Å²) in [6.45, 7) is 9.74. The van der Waals surface area contributed by atoms with Crippen LogP contribution in [0.5, 0.6) is 5.75 Å². The lowest BCUT2D eigenvalue weighted by molar-refractivity contribution is -0.123. The Morgan fingerprint density at radius 1 is 1.35 bits per heavy atom. The lowest BCUT2D eigenvalue weighted by Gasteiger charge is -2.06. The molecule has 2 atom stereocenters. The zero-order valence-corrected chi connectivity index (χ0v) is 14.1. The molecule has 0 radical (unpaired) electrons. The van der Waals surface area contributed by atoms with Crippen LogP contribution in [0.15, 0.2) is 34.9 Å². The lowest BCUT2D eigenvalue weighted by atomic mass is 10.1. The summed E-state index contributed by atoms with van der Waals surface area (Å²) in [5.74, 6) is -0.630. The highest BCUT2D eigenvalue weighted by Crippen LogP contribution is 2.59. The zero-order chi connectivity index (χ0) is 17.4. The van der Waals surface area contributed by atoms with Crippen molar-refractivity contribution in [3.63, 3.8) is 0 Å². The molecule has 0 heterocycles. The average Bonchev–Trinajstić information content (AvgIpc) is 2.98. The third kappa shape index (κ3) is 3.60. The van der Waals surface area contributed by atoms with Gasteiger partial charge in [0.1, 0.15) is 11.6 Å². The van der Waals surface area contributed by atoms with Crippen molar-refractivity contribution in [2.24, 2.45) is 22.4 Å². The number of phenolic OH excluding ortho intramolecular Hbond substituents is 1. The van der Waals surface area contributed by atoms with E-state index in [1.165, 1.54) is 23.8 Å². The van der Waals surface area contributed by atoms with Crippen LogP contribution in [0.25, 0.3) is 0 Å². The largest absolute Gasteiger partial charge is 0.507 e. The van der Waals surface area contributed by atoms with Crippen molar-refractivity contribution < 1.29 is 14.3 Å². The van der Waals surface area contributed by atoms with Crippen LogP contribution in [0.3, 0.4) is 0 Å². The summed E-state index contributed by atoms with van der Waals surface area (Å²) in [7, 11) is 0. The van der Waals surface area contributed by atoms with Gasteiger partial charge < -0.3 is 5.11 Å². The first kappa shape index (κ1) is 17.2. The van der Waals surface area contributed by atoms with Gasteiger partial charge >= 0.3 is 0 Å². The summed E-state index contributed by atoms with van der Waals surface area (Å²) in [5.41, 5.74) is 4.25. The van der Waals surface area contributed by atoms with Gasteiger partial charge in [-0.25, -0.2) is 9.82 Å². The highest BCUT2D eigenvalue weighted by atomic mass is 19.1. The van der Waals surface area contributed by atoms with Gasteiger partial charge in [-0.3, -0.25) is 4.79 Å². The Hall–Kier alpha value is -2.17. The molecule has 1 saturated carbocycles. The zero-order valence-electron chi connectivity index (χ0n) is 14.1. The van der Waals surface area contributed by atoms with Crippen molar-refractivity contribution in [2.45, 2.75) is 34.6 Å². The van der Waals surface area contributed by atoms with Crippen LogP contribution in [0.4, 0.5) is 4.39 Å². The number of nitrogens with one attached hydrogen (secondary N) is 1. The standard InChI is InChI=1S/C18H23FN2O2/c1-10(2)8-14-16(18(14,4)5)17(23)21-20-11(3)13-9-12(19)6-7-15(13)22/h6-9,14,16,22H,1-5H3,(H,21,23). The van der Waals surface area contributed by atoms with E-state index in [9.17, 15) is 14.3 Å². The van der Waals surface area contributed by atoms with Crippen LogP contribution in [0, 0.1) is 23.1 Å². The van der Waals surface area contributed by atoms with E-state index in [1.54, 1.807) is 6.92 Å². The first-order valence-electron chi connectivity index (χ1n) is 7.62. The van der Waals surface area contributed by atoms with Gasteiger partial charge in [0.2, 0.25) is 5.91 Å². The van der Waals surface area contributed by atoms with Crippen molar-refractivity contribution >= 4 is 11.6 Å². The van der Waals surface area contributed by atoms with Gasteiger partial charge in [-0.05, 0) is 50.3 Å². The molecule has 124 valence electrons. The molecule has 0 aromatic heterocycles. The number of aromatic hydroxyl groups is 1. The van der Waals surface area contributed by atoms with Crippen molar-refractivity contribution in [1.29, 1.82) is 0 Å². The maximum Gasteiger partial charge on any atom is 0.244 e. The molecule has 2 N–H and O–H groups in total. The summed E-state index contributed by atoms with van der Waals surface area (Å²) >= 11 is 0. The van der Waals surface area contributed by atoms with Gasteiger partial charge in [0, 0.05) is 5.56 Å². The third-order valence-corrected chi connectivity index (χ3v) is 4.39. The quantitative estimate of drug-likeness (QED) is 0.506. The molecule has 1 aliphatic carbocycles. The van der Waals surface area contributed by atoms with Crippen LogP contribution in [-0.4, -0.2) is 16.7 Å². The summed E-state index contributed by atoms with van der Waals surface area (Å²) in [5, 5.41) is 13.8. The topological polar surface area (TPSA) is 61.7 Å². The van der Waals surface area contributed by atoms with Gasteiger partial charge in [0.25, 0.3) is 0 Å². The Morgan fingerprint density at radius 2 is 2.00 bits per heavy atom. The number of hydrogen-bond donors (Lipinski definition) is 2. The van der Waals surface area contributed by atoms with Crippen LogP contribution in [-0.2, 0) is 4.79 Å². The van der Waals surface area contributed by atoms with E-state index in [0.29, 0.717) is 5.71 Å². The second-order valence-corrected chi connectivity index (χ2v) is 6.90. The van der Waals surface area contributed by atoms with Crippen molar-refractivity contribution in [3.05, 3.63) is 41.2 Å². The van der Waals surface area contributed by atoms with Crippen molar-refractivity contribution in [1.82, 2.24) is 5.43 Å². The number of phenols is 1. The Bertz CT molecular complexity index is 688. The predicted molar refractivity (Wildman–Crippen MR) is 88.6 cm³/mol. The molecule has 0 saturated heterocycles. The van der Waals surface area contributed by atoms with Crippen LogP contribution in [0.1, 0.15) is 40.2 Å².